The molecule has 0 radical (unpaired) electrons. The molecule has 0 unspecified atom stereocenters. The molecule has 5 nitrogen and oxygen atoms in total. The SMILES string of the molecule is Cc1cc(F)ccc1-c1c(-c2ccccc2)ncn1CCc1ncnn1C. The van der Waals surface area contributed by atoms with Crippen LogP contribution in [-0.2, 0) is 20.0 Å². The fourth-order valence-corrected chi connectivity index (χ4v) is 3.30. The largest absolute Gasteiger partial charge is 0.330 e. The van der Waals surface area contributed by atoms with Crippen molar-refractivity contribution in [1.29, 1.82) is 0 Å². The number of aryl methyl sites for hydroxylation is 4. The molecule has 0 N–H and O–H groups in total. The van der Waals surface area contributed by atoms with Gasteiger partial charge in [-0.25, -0.2) is 14.4 Å². The number of rotatable bonds is 5. The lowest BCUT2D eigenvalue weighted by atomic mass is 10.0. The molecule has 0 amide bonds. The van der Waals surface area contributed by atoms with E-state index in [2.05, 4.69) is 19.6 Å². The minimum atomic E-state index is -0.234. The number of hydrogen-bond acceptors (Lipinski definition) is 3. The van der Waals surface area contributed by atoms with Crippen LogP contribution in [0.4, 0.5) is 4.39 Å². The topological polar surface area (TPSA) is 48.5 Å². The predicted octanol–water partition coefficient (Wildman–Crippen LogP) is 4.04. The highest BCUT2D eigenvalue weighted by Crippen LogP contribution is 2.33. The molecular weight excluding hydrogens is 341 g/mol. The number of nitrogens with zero attached hydrogens (tertiary/aromatic N) is 5. The van der Waals surface area contributed by atoms with E-state index >= 15 is 0 Å². The molecule has 0 aliphatic carbocycles. The Hall–Kier alpha value is -3.28. The Morgan fingerprint density at radius 3 is 2.56 bits per heavy atom. The van der Waals surface area contributed by atoms with Gasteiger partial charge >= 0.3 is 0 Å². The highest BCUT2D eigenvalue weighted by molar-refractivity contribution is 5.80. The molecule has 0 fully saturated rings. The summed E-state index contributed by atoms with van der Waals surface area (Å²) in [6, 6.07) is 14.9. The molecular formula is C21H20FN5. The van der Waals surface area contributed by atoms with Gasteiger partial charge in [0, 0.05) is 31.1 Å². The van der Waals surface area contributed by atoms with E-state index in [1.807, 2.05) is 56.7 Å². The van der Waals surface area contributed by atoms with Crippen LogP contribution in [0.25, 0.3) is 22.5 Å². The van der Waals surface area contributed by atoms with Gasteiger partial charge in [0.15, 0.2) is 0 Å². The lowest BCUT2D eigenvalue weighted by Crippen LogP contribution is -2.07. The zero-order valence-electron chi connectivity index (χ0n) is 15.3. The van der Waals surface area contributed by atoms with Crippen molar-refractivity contribution in [2.24, 2.45) is 7.05 Å². The summed E-state index contributed by atoms with van der Waals surface area (Å²) in [5, 5.41) is 4.13. The van der Waals surface area contributed by atoms with E-state index in [9.17, 15) is 4.39 Å². The van der Waals surface area contributed by atoms with Crippen LogP contribution in [0.2, 0.25) is 0 Å². The second kappa shape index (κ2) is 7.15. The van der Waals surface area contributed by atoms with Gasteiger partial charge < -0.3 is 4.57 Å². The average molecular weight is 361 g/mol. The molecule has 0 saturated carbocycles. The standard InChI is InChI=1S/C21H20FN5/c1-15-12-17(22)8-9-18(15)21-20(16-6-4-3-5-7-16)24-14-27(21)11-10-19-23-13-25-26(19)2/h3-9,12-14H,10-11H2,1-2H3. The monoisotopic (exact) mass is 361 g/mol. The second-order valence-electron chi connectivity index (χ2n) is 6.51. The molecule has 0 saturated heterocycles. The van der Waals surface area contributed by atoms with E-state index in [1.54, 1.807) is 17.1 Å². The van der Waals surface area contributed by atoms with Crippen molar-refractivity contribution in [3.05, 3.63) is 78.4 Å². The Bertz CT molecular complexity index is 1070. The lowest BCUT2D eigenvalue weighted by molar-refractivity contribution is 0.624. The maximum absolute atomic E-state index is 13.7. The molecule has 0 aliphatic heterocycles. The summed E-state index contributed by atoms with van der Waals surface area (Å²) in [5.74, 6) is 0.675. The van der Waals surface area contributed by atoms with Crippen molar-refractivity contribution >= 4 is 0 Å². The Kier molecular flexibility index (Phi) is 4.54. The van der Waals surface area contributed by atoms with E-state index in [0.717, 1.165) is 40.3 Å². The van der Waals surface area contributed by atoms with E-state index in [0.29, 0.717) is 6.54 Å². The molecule has 0 bridgehead atoms. The van der Waals surface area contributed by atoms with E-state index in [-0.39, 0.29) is 5.82 Å². The molecule has 2 heterocycles. The maximum atomic E-state index is 13.7. The summed E-state index contributed by atoms with van der Waals surface area (Å²) < 4.78 is 17.5. The zero-order valence-corrected chi connectivity index (χ0v) is 15.3. The number of halogens is 1. The Labute approximate surface area is 157 Å². The van der Waals surface area contributed by atoms with Gasteiger partial charge in [0.05, 0.1) is 17.7 Å². The van der Waals surface area contributed by atoms with Gasteiger partial charge in [-0.1, -0.05) is 30.3 Å². The van der Waals surface area contributed by atoms with Crippen LogP contribution < -0.4 is 0 Å². The van der Waals surface area contributed by atoms with E-state index < -0.39 is 0 Å². The summed E-state index contributed by atoms with van der Waals surface area (Å²) in [6.45, 7) is 2.63. The van der Waals surface area contributed by atoms with Crippen molar-refractivity contribution in [2.75, 3.05) is 0 Å². The van der Waals surface area contributed by atoms with Crippen LogP contribution in [0.1, 0.15) is 11.4 Å². The summed E-state index contributed by atoms with van der Waals surface area (Å²) in [4.78, 5) is 8.97. The van der Waals surface area contributed by atoms with Gasteiger partial charge in [-0.05, 0) is 30.7 Å². The molecule has 27 heavy (non-hydrogen) atoms. The summed E-state index contributed by atoms with van der Waals surface area (Å²) in [6.07, 6.45) is 4.13. The number of benzene rings is 2. The third kappa shape index (κ3) is 3.38. The van der Waals surface area contributed by atoms with Gasteiger partial charge in [0.25, 0.3) is 0 Å². The third-order valence-electron chi connectivity index (χ3n) is 4.71. The fourth-order valence-electron chi connectivity index (χ4n) is 3.30. The zero-order chi connectivity index (χ0) is 18.8. The van der Waals surface area contributed by atoms with Gasteiger partial charge in [0.1, 0.15) is 18.0 Å². The molecule has 2 aromatic carbocycles. The second-order valence-corrected chi connectivity index (χ2v) is 6.51. The lowest BCUT2D eigenvalue weighted by Gasteiger charge is -2.13. The summed E-state index contributed by atoms with van der Waals surface area (Å²) >= 11 is 0. The molecule has 6 heteroatoms. The van der Waals surface area contributed by atoms with Crippen LogP contribution in [0.3, 0.4) is 0 Å². The minimum absolute atomic E-state index is 0.234. The number of aromatic nitrogens is 5. The highest BCUT2D eigenvalue weighted by atomic mass is 19.1. The average Bonchev–Trinajstić information content (AvgIpc) is 3.27. The molecule has 4 aromatic rings. The fraction of sp³-hybridized carbons (Fsp3) is 0.190. The van der Waals surface area contributed by atoms with Crippen molar-refractivity contribution < 1.29 is 4.39 Å². The van der Waals surface area contributed by atoms with Crippen LogP contribution in [-0.4, -0.2) is 24.3 Å². The Morgan fingerprint density at radius 1 is 1.04 bits per heavy atom. The first-order chi connectivity index (χ1) is 13.1. The smallest absolute Gasteiger partial charge is 0.138 e. The van der Waals surface area contributed by atoms with Crippen molar-refractivity contribution in [3.63, 3.8) is 0 Å². The van der Waals surface area contributed by atoms with Crippen LogP contribution >= 0.6 is 0 Å². The van der Waals surface area contributed by atoms with Crippen molar-refractivity contribution in [3.8, 4) is 22.5 Å². The number of imidazole rings is 1. The Morgan fingerprint density at radius 2 is 1.85 bits per heavy atom. The quantitative estimate of drug-likeness (QED) is 0.539. The van der Waals surface area contributed by atoms with Gasteiger partial charge in [-0.3, -0.25) is 4.68 Å². The first-order valence-electron chi connectivity index (χ1n) is 8.83. The molecule has 0 aliphatic rings. The number of hydrogen-bond donors (Lipinski definition) is 0. The minimum Gasteiger partial charge on any atom is -0.330 e. The van der Waals surface area contributed by atoms with Crippen LogP contribution in [0.5, 0.6) is 0 Å². The van der Waals surface area contributed by atoms with Gasteiger partial charge in [-0.15, -0.1) is 0 Å². The predicted molar refractivity (Wildman–Crippen MR) is 103 cm³/mol. The summed E-state index contributed by atoms with van der Waals surface area (Å²) in [7, 11) is 1.89. The first-order valence-corrected chi connectivity index (χ1v) is 8.83. The van der Waals surface area contributed by atoms with Crippen LogP contribution in [0, 0.1) is 12.7 Å². The summed E-state index contributed by atoms with van der Waals surface area (Å²) in [5.41, 5.74) is 4.77. The molecule has 0 atom stereocenters. The molecule has 4 rings (SSSR count). The van der Waals surface area contributed by atoms with E-state index in [4.69, 9.17) is 0 Å². The highest BCUT2D eigenvalue weighted by Gasteiger charge is 2.17. The molecule has 0 spiro atoms. The van der Waals surface area contributed by atoms with Crippen molar-refractivity contribution in [2.45, 2.75) is 19.9 Å². The molecule has 136 valence electrons. The maximum Gasteiger partial charge on any atom is 0.138 e. The molecule has 2 aromatic heterocycles. The van der Waals surface area contributed by atoms with Crippen molar-refractivity contribution in [1.82, 2.24) is 24.3 Å². The van der Waals surface area contributed by atoms with Gasteiger partial charge in [0.2, 0.25) is 0 Å². The normalized spacial score (nSPS) is 11.1. The Balaban J connectivity index is 1.79. The van der Waals surface area contributed by atoms with Crippen LogP contribution in [0.15, 0.2) is 61.2 Å². The third-order valence-corrected chi connectivity index (χ3v) is 4.71. The van der Waals surface area contributed by atoms with Gasteiger partial charge in [-0.2, -0.15) is 5.10 Å². The first kappa shape index (κ1) is 17.1. The van der Waals surface area contributed by atoms with E-state index in [1.165, 1.54) is 6.07 Å².